The van der Waals surface area contributed by atoms with Crippen LogP contribution >= 0.6 is 11.3 Å². The van der Waals surface area contributed by atoms with Gasteiger partial charge in [-0.05, 0) is 35.7 Å². The molecule has 0 radical (unpaired) electrons. The molecule has 0 saturated heterocycles. The highest BCUT2D eigenvalue weighted by Gasteiger charge is 2.03. The Morgan fingerprint density at radius 1 is 1.29 bits per heavy atom. The Labute approximate surface area is 128 Å². The van der Waals surface area contributed by atoms with Crippen molar-refractivity contribution in [2.75, 3.05) is 14.2 Å². The Kier molecular flexibility index (Phi) is 5.40. The normalized spacial score (nSPS) is 10.6. The molecule has 0 saturated carbocycles. The first-order valence-corrected chi connectivity index (χ1v) is 7.31. The van der Waals surface area contributed by atoms with E-state index in [-0.39, 0.29) is 5.91 Å². The van der Waals surface area contributed by atoms with Gasteiger partial charge in [0.2, 0.25) is 5.91 Å². The minimum Gasteiger partial charge on any atom is -0.497 e. The van der Waals surface area contributed by atoms with Gasteiger partial charge in [-0.3, -0.25) is 4.79 Å². The summed E-state index contributed by atoms with van der Waals surface area (Å²) in [4.78, 5) is 12.9. The molecule has 110 valence electrons. The van der Waals surface area contributed by atoms with Gasteiger partial charge in [0.25, 0.3) is 0 Å². The molecule has 0 atom stereocenters. The molecule has 4 nitrogen and oxygen atoms in total. The second-order valence-electron chi connectivity index (χ2n) is 4.24. The fourth-order valence-electron chi connectivity index (χ4n) is 1.78. The van der Waals surface area contributed by atoms with Gasteiger partial charge in [-0.2, -0.15) is 0 Å². The van der Waals surface area contributed by atoms with E-state index in [9.17, 15) is 4.79 Å². The number of ether oxygens (including phenoxy) is 2. The van der Waals surface area contributed by atoms with E-state index in [0.29, 0.717) is 12.3 Å². The molecule has 0 aliphatic heterocycles. The van der Waals surface area contributed by atoms with Crippen molar-refractivity contribution in [2.45, 2.75) is 6.54 Å². The van der Waals surface area contributed by atoms with E-state index in [1.165, 1.54) is 6.08 Å². The number of benzene rings is 1. The molecule has 1 amide bonds. The van der Waals surface area contributed by atoms with Crippen LogP contribution in [0.25, 0.3) is 6.08 Å². The van der Waals surface area contributed by atoms with Crippen molar-refractivity contribution in [1.82, 2.24) is 5.32 Å². The van der Waals surface area contributed by atoms with Crippen LogP contribution < -0.4 is 14.8 Å². The van der Waals surface area contributed by atoms with Crippen molar-refractivity contribution in [3.05, 3.63) is 52.2 Å². The highest BCUT2D eigenvalue weighted by atomic mass is 32.1. The van der Waals surface area contributed by atoms with Crippen molar-refractivity contribution in [3.8, 4) is 11.5 Å². The van der Waals surface area contributed by atoms with Gasteiger partial charge in [0, 0.05) is 16.5 Å². The molecule has 0 aliphatic carbocycles. The van der Waals surface area contributed by atoms with Crippen molar-refractivity contribution in [3.63, 3.8) is 0 Å². The predicted molar refractivity (Wildman–Crippen MR) is 84.7 cm³/mol. The molecule has 0 spiro atoms. The quantitative estimate of drug-likeness (QED) is 0.834. The number of methoxy groups -OCH3 is 2. The van der Waals surface area contributed by atoms with E-state index >= 15 is 0 Å². The van der Waals surface area contributed by atoms with Crippen molar-refractivity contribution in [1.29, 1.82) is 0 Å². The average Bonchev–Trinajstić information content (AvgIpc) is 3.04. The van der Waals surface area contributed by atoms with Crippen LogP contribution in [0, 0.1) is 0 Å². The molecule has 1 aromatic heterocycles. The third-order valence-corrected chi connectivity index (χ3v) is 3.74. The lowest BCUT2D eigenvalue weighted by Crippen LogP contribution is -2.19. The maximum atomic E-state index is 11.8. The molecule has 0 aliphatic rings. The second kappa shape index (κ2) is 7.50. The first-order chi connectivity index (χ1) is 10.2. The summed E-state index contributed by atoms with van der Waals surface area (Å²) in [6.07, 6.45) is 3.20. The SMILES string of the molecule is COc1ccc(OC)c(/C=C/C(=O)NCc2cccs2)c1. The van der Waals surface area contributed by atoms with Crippen LogP contribution in [-0.4, -0.2) is 20.1 Å². The van der Waals surface area contributed by atoms with Crippen molar-refractivity contribution in [2.24, 2.45) is 0 Å². The summed E-state index contributed by atoms with van der Waals surface area (Å²) in [5.41, 5.74) is 0.795. The van der Waals surface area contributed by atoms with Gasteiger partial charge >= 0.3 is 0 Å². The van der Waals surface area contributed by atoms with E-state index in [1.807, 2.05) is 35.7 Å². The second-order valence-corrected chi connectivity index (χ2v) is 5.27. The first kappa shape index (κ1) is 15.1. The topological polar surface area (TPSA) is 47.6 Å². The van der Waals surface area contributed by atoms with E-state index in [0.717, 1.165) is 16.2 Å². The molecule has 0 unspecified atom stereocenters. The maximum Gasteiger partial charge on any atom is 0.244 e. The van der Waals surface area contributed by atoms with E-state index in [4.69, 9.17) is 9.47 Å². The van der Waals surface area contributed by atoms with Gasteiger partial charge in [-0.25, -0.2) is 0 Å². The van der Waals surface area contributed by atoms with Crippen LogP contribution in [0.5, 0.6) is 11.5 Å². The van der Waals surface area contributed by atoms with Crippen molar-refractivity contribution >= 4 is 23.3 Å². The average molecular weight is 303 g/mol. The standard InChI is InChI=1S/C16H17NO3S/c1-19-13-6-7-15(20-2)12(10-13)5-8-16(18)17-11-14-4-3-9-21-14/h3-10H,11H2,1-2H3,(H,17,18)/b8-5+. The molecular formula is C16H17NO3S. The summed E-state index contributed by atoms with van der Waals surface area (Å²) in [5, 5.41) is 4.82. The van der Waals surface area contributed by atoms with E-state index in [2.05, 4.69) is 5.32 Å². The Balaban J connectivity index is 2.00. The number of thiophene rings is 1. The maximum absolute atomic E-state index is 11.8. The molecule has 0 bridgehead atoms. The smallest absolute Gasteiger partial charge is 0.244 e. The molecule has 1 heterocycles. The largest absolute Gasteiger partial charge is 0.497 e. The van der Waals surface area contributed by atoms with Gasteiger partial charge in [0.1, 0.15) is 11.5 Å². The Morgan fingerprint density at radius 3 is 2.81 bits per heavy atom. The van der Waals surface area contributed by atoms with E-state index < -0.39 is 0 Å². The molecule has 2 aromatic rings. The zero-order chi connectivity index (χ0) is 15.1. The third-order valence-electron chi connectivity index (χ3n) is 2.87. The van der Waals surface area contributed by atoms with Crippen molar-refractivity contribution < 1.29 is 14.3 Å². The molecule has 1 aromatic carbocycles. The molecule has 21 heavy (non-hydrogen) atoms. The number of amides is 1. The molecule has 1 N–H and O–H groups in total. The summed E-state index contributed by atoms with van der Waals surface area (Å²) >= 11 is 1.62. The fourth-order valence-corrected chi connectivity index (χ4v) is 2.43. The number of hydrogen-bond acceptors (Lipinski definition) is 4. The van der Waals surface area contributed by atoms with Crippen LogP contribution in [0.15, 0.2) is 41.8 Å². The lowest BCUT2D eigenvalue weighted by Gasteiger charge is -2.07. The number of carbonyl (C=O) groups excluding carboxylic acids is 1. The van der Waals surface area contributed by atoms with Crippen LogP contribution in [0.1, 0.15) is 10.4 Å². The van der Waals surface area contributed by atoms with Gasteiger partial charge < -0.3 is 14.8 Å². The zero-order valence-corrected chi connectivity index (χ0v) is 12.8. The van der Waals surface area contributed by atoms with Crippen LogP contribution in [-0.2, 0) is 11.3 Å². The highest BCUT2D eigenvalue weighted by Crippen LogP contribution is 2.24. The van der Waals surface area contributed by atoms with Gasteiger partial charge in [0.15, 0.2) is 0 Å². The third kappa shape index (κ3) is 4.36. The Morgan fingerprint density at radius 2 is 2.14 bits per heavy atom. The lowest BCUT2D eigenvalue weighted by molar-refractivity contribution is -0.116. The van der Waals surface area contributed by atoms with E-state index in [1.54, 1.807) is 31.6 Å². The lowest BCUT2D eigenvalue weighted by atomic mass is 10.1. The zero-order valence-electron chi connectivity index (χ0n) is 12.0. The van der Waals surface area contributed by atoms with Gasteiger partial charge in [-0.15, -0.1) is 11.3 Å². The Bertz CT molecular complexity index is 620. The molecular weight excluding hydrogens is 286 g/mol. The summed E-state index contributed by atoms with van der Waals surface area (Å²) in [5.74, 6) is 1.26. The summed E-state index contributed by atoms with van der Waals surface area (Å²) in [6, 6.07) is 9.39. The number of hydrogen-bond donors (Lipinski definition) is 1. The predicted octanol–water partition coefficient (Wildman–Crippen LogP) is 3.09. The summed E-state index contributed by atoms with van der Waals surface area (Å²) in [6.45, 7) is 0.538. The van der Waals surface area contributed by atoms with Crippen LogP contribution in [0.3, 0.4) is 0 Å². The number of nitrogens with one attached hydrogen (secondary N) is 1. The first-order valence-electron chi connectivity index (χ1n) is 6.43. The fraction of sp³-hybridized carbons (Fsp3) is 0.188. The Hall–Kier alpha value is -2.27. The van der Waals surface area contributed by atoms with Gasteiger partial charge in [0.05, 0.1) is 20.8 Å². The van der Waals surface area contributed by atoms with Gasteiger partial charge in [-0.1, -0.05) is 6.07 Å². The number of carbonyl (C=O) groups is 1. The highest BCUT2D eigenvalue weighted by molar-refractivity contribution is 7.09. The molecule has 0 fully saturated rings. The van der Waals surface area contributed by atoms with Crippen LogP contribution in [0.2, 0.25) is 0 Å². The minimum atomic E-state index is -0.145. The summed E-state index contributed by atoms with van der Waals surface area (Å²) in [7, 11) is 3.19. The minimum absolute atomic E-state index is 0.145. The van der Waals surface area contributed by atoms with Crippen LogP contribution in [0.4, 0.5) is 0 Å². The monoisotopic (exact) mass is 303 g/mol. The number of rotatable bonds is 6. The molecule has 2 rings (SSSR count). The molecule has 5 heteroatoms. The summed E-state index contributed by atoms with van der Waals surface area (Å²) < 4.78 is 10.4.